The van der Waals surface area contributed by atoms with Gasteiger partial charge in [0.05, 0.1) is 24.6 Å². The van der Waals surface area contributed by atoms with Crippen LogP contribution >= 0.6 is 0 Å². The summed E-state index contributed by atoms with van der Waals surface area (Å²) in [5.41, 5.74) is 9.57. The molecule has 4 aromatic carbocycles. The van der Waals surface area contributed by atoms with Gasteiger partial charge in [0, 0.05) is 83.7 Å². The summed E-state index contributed by atoms with van der Waals surface area (Å²) in [7, 11) is 3.35. The summed E-state index contributed by atoms with van der Waals surface area (Å²) in [4.78, 5) is 24.3. The van der Waals surface area contributed by atoms with Crippen LogP contribution < -0.4 is 41.4 Å². The Morgan fingerprint density at radius 2 is 1.58 bits per heavy atom. The number of carbonyl (C=O) groups is 1. The zero-order chi connectivity index (χ0) is 49.5. The number of unbranched alkanes of at least 4 members (excludes halogenated alkanes) is 3. The first-order valence-corrected chi connectivity index (χ1v) is 24.5. The molecule has 1 N–H and O–H groups in total. The number of esters is 1. The standard InChI is InChI=1S/C59H68N5O6.BrH/c1-9-11-32-63-51-31-30-45(67-8)39-48(51)59(5,6)55(63)28-17-14-12-13-16-27-54-58(3,4)47-25-19-20-26-50(47)64(54)33-21-15-18-29-56(65)70-37-36-69-52-40-46-49(41-53(52)68-35-34-66-7)60-42-61-57(46)62-44-24-22-23-43(10-2)38-44;/h2,12-14,16-17,19-20,22-28,30-31,38-42H,9,11,15,18,21,29,32-37H2,1,3-8H3,(H,60,61,62);1H/q+1;/p-1. The van der Waals surface area contributed by atoms with Gasteiger partial charge in [0.1, 0.15) is 44.3 Å². The Labute approximate surface area is 431 Å². The number of aromatic nitrogens is 2. The van der Waals surface area contributed by atoms with Gasteiger partial charge < -0.3 is 50.9 Å². The number of rotatable bonds is 24. The van der Waals surface area contributed by atoms with Crippen molar-refractivity contribution in [1.29, 1.82) is 0 Å². The molecule has 372 valence electrons. The molecule has 5 aromatic rings. The Morgan fingerprint density at radius 1 is 0.803 bits per heavy atom. The number of hydrogen-bond acceptors (Lipinski definition) is 10. The summed E-state index contributed by atoms with van der Waals surface area (Å²) in [6.07, 6.45) is 27.4. The van der Waals surface area contributed by atoms with Crippen molar-refractivity contribution in [2.45, 2.75) is 84.0 Å². The topological polar surface area (TPSA) is 107 Å². The molecule has 0 saturated carbocycles. The second kappa shape index (κ2) is 25.4. The van der Waals surface area contributed by atoms with Crippen molar-refractivity contribution < 1.29 is 50.0 Å². The molecule has 0 saturated heterocycles. The fraction of sp³-hybridized carbons (Fsp3) is 0.356. The molecule has 7 rings (SSSR count). The van der Waals surface area contributed by atoms with Crippen molar-refractivity contribution >= 4 is 45.5 Å². The number of para-hydroxylation sites is 1. The Kier molecular flexibility index (Phi) is 19.2. The molecule has 0 spiro atoms. The van der Waals surface area contributed by atoms with Crippen molar-refractivity contribution in [2.75, 3.05) is 64.0 Å². The maximum absolute atomic E-state index is 12.9. The van der Waals surface area contributed by atoms with Crippen LogP contribution in [0.25, 0.3) is 10.9 Å². The monoisotopic (exact) mass is 1020 g/mol. The summed E-state index contributed by atoms with van der Waals surface area (Å²) >= 11 is 0. The lowest BCUT2D eigenvalue weighted by Gasteiger charge is -2.26. The highest BCUT2D eigenvalue weighted by Gasteiger charge is 2.44. The molecule has 0 fully saturated rings. The Balaban J connectivity index is 0.00000825. The number of hydrogen-bond donors (Lipinski definition) is 1. The van der Waals surface area contributed by atoms with Crippen molar-refractivity contribution in [3.8, 4) is 29.6 Å². The number of halogens is 1. The van der Waals surface area contributed by atoms with Gasteiger partial charge in [-0.3, -0.25) is 4.79 Å². The number of ether oxygens (including phenoxy) is 5. The predicted molar refractivity (Wildman–Crippen MR) is 283 cm³/mol. The molecule has 0 unspecified atom stereocenters. The lowest BCUT2D eigenvalue weighted by atomic mass is 9.81. The summed E-state index contributed by atoms with van der Waals surface area (Å²) in [5.74, 6) is 4.85. The van der Waals surface area contributed by atoms with Crippen LogP contribution in [-0.4, -0.2) is 80.0 Å². The van der Waals surface area contributed by atoms with E-state index in [-0.39, 0.29) is 47.0 Å². The zero-order valence-corrected chi connectivity index (χ0v) is 43.9. The number of nitrogens with one attached hydrogen (secondary N) is 1. The number of methoxy groups -OCH3 is 2. The minimum Gasteiger partial charge on any atom is -1.00 e. The molecular weight excluding hydrogens is 955 g/mol. The van der Waals surface area contributed by atoms with Gasteiger partial charge in [-0.05, 0) is 87.2 Å². The van der Waals surface area contributed by atoms with E-state index >= 15 is 0 Å². The number of allylic oxidation sites excluding steroid dienone is 8. The maximum atomic E-state index is 12.9. The largest absolute Gasteiger partial charge is 1.00 e. The average molecular weight is 1020 g/mol. The fourth-order valence-electron chi connectivity index (χ4n) is 9.25. The highest BCUT2D eigenvalue weighted by Crippen LogP contribution is 2.49. The fourth-order valence-corrected chi connectivity index (χ4v) is 9.25. The predicted octanol–water partition coefficient (Wildman–Crippen LogP) is 9.10. The van der Waals surface area contributed by atoms with Crippen molar-refractivity contribution in [3.63, 3.8) is 0 Å². The third-order valence-electron chi connectivity index (χ3n) is 13.0. The van der Waals surface area contributed by atoms with Crippen LogP contribution in [0, 0.1) is 12.3 Å². The molecular formula is C59H68BrN5O6. The van der Waals surface area contributed by atoms with Crippen LogP contribution in [-0.2, 0) is 25.1 Å². The molecule has 3 heterocycles. The summed E-state index contributed by atoms with van der Waals surface area (Å²) in [6, 6.07) is 26.3. The molecule has 11 nitrogen and oxygen atoms in total. The van der Waals surface area contributed by atoms with Crippen LogP contribution in [0.4, 0.5) is 22.9 Å². The quantitative estimate of drug-likeness (QED) is 0.0212. The molecule has 0 aliphatic carbocycles. The van der Waals surface area contributed by atoms with Gasteiger partial charge in [0.2, 0.25) is 5.69 Å². The first kappa shape index (κ1) is 53.7. The van der Waals surface area contributed by atoms with Crippen molar-refractivity contribution in [2.24, 2.45) is 0 Å². The van der Waals surface area contributed by atoms with E-state index < -0.39 is 0 Å². The second-order valence-corrected chi connectivity index (χ2v) is 18.5. The normalized spacial score (nSPS) is 15.1. The van der Waals surface area contributed by atoms with Gasteiger partial charge >= 0.3 is 5.97 Å². The molecule has 0 radical (unpaired) electrons. The lowest BCUT2D eigenvalue weighted by Crippen LogP contribution is -3.00. The molecule has 0 atom stereocenters. The molecule has 2 aliphatic rings. The van der Waals surface area contributed by atoms with E-state index in [1.165, 1.54) is 40.2 Å². The number of fused-ring (bicyclic) bond motifs is 3. The summed E-state index contributed by atoms with van der Waals surface area (Å²) in [5, 5.41) is 4.07. The van der Waals surface area contributed by atoms with E-state index in [2.05, 4.69) is 150 Å². The number of benzene rings is 4. The van der Waals surface area contributed by atoms with Gasteiger partial charge in [-0.1, -0.05) is 87.8 Å². The molecule has 0 amide bonds. The molecule has 12 heteroatoms. The molecule has 1 aromatic heterocycles. The minimum absolute atomic E-state index is 0. The van der Waals surface area contributed by atoms with Crippen LogP contribution in [0.5, 0.6) is 17.2 Å². The molecule has 0 bridgehead atoms. The van der Waals surface area contributed by atoms with E-state index in [9.17, 15) is 4.79 Å². The Hall–Kier alpha value is -6.68. The first-order valence-electron chi connectivity index (χ1n) is 24.5. The van der Waals surface area contributed by atoms with E-state index in [0.717, 1.165) is 67.6 Å². The van der Waals surface area contributed by atoms with Crippen LogP contribution in [0.2, 0.25) is 0 Å². The van der Waals surface area contributed by atoms with Crippen LogP contribution in [0.1, 0.15) is 89.8 Å². The minimum atomic E-state index is -0.251. The van der Waals surface area contributed by atoms with E-state index in [4.69, 9.17) is 30.1 Å². The number of nitrogens with zero attached hydrogens (tertiary/aromatic N) is 4. The summed E-state index contributed by atoms with van der Waals surface area (Å²) < 4.78 is 31.0. The van der Waals surface area contributed by atoms with E-state index in [1.807, 2.05) is 36.4 Å². The SMILES string of the molecule is C#Cc1cccc(Nc2ncnc3cc(OCCOC)c(OCCOC(=O)CCCCC[N+]4=C(/C=C/C=C/C=C/C=C5/N(CCCC)c6ccc(OC)cc6C5(C)C)C(C)(C)c5ccccc54)cc23)c1.[Br-]. The van der Waals surface area contributed by atoms with Gasteiger partial charge in [0.25, 0.3) is 0 Å². The van der Waals surface area contributed by atoms with Crippen molar-refractivity contribution in [1.82, 2.24) is 9.97 Å². The number of anilines is 3. The van der Waals surface area contributed by atoms with Gasteiger partial charge in [-0.25, -0.2) is 9.97 Å². The van der Waals surface area contributed by atoms with Crippen LogP contribution in [0.3, 0.4) is 0 Å². The number of carbonyl (C=O) groups excluding carboxylic acids is 1. The third kappa shape index (κ3) is 13.0. The highest BCUT2D eigenvalue weighted by molar-refractivity contribution is 6.03. The summed E-state index contributed by atoms with van der Waals surface area (Å²) in [6.45, 7) is 14.2. The molecule has 2 aliphatic heterocycles. The Morgan fingerprint density at radius 3 is 2.37 bits per heavy atom. The van der Waals surface area contributed by atoms with Gasteiger partial charge in [0.15, 0.2) is 17.2 Å². The van der Waals surface area contributed by atoms with E-state index in [1.54, 1.807) is 14.2 Å². The smallest absolute Gasteiger partial charge is 0.305 e. The van der Waals surface area contributed by atoms with E-state index in [0.29, 0.717) is 42.5 Å². The van der Waals surface area contributed by atoms with Gasteiger partial charge in [-0.15, -0.1) is 6.42 Å². The lowest BCUT2D eigenvalue weighted by molar-refractivity contribution is -0.438. The third-order valence-corrected chi connectivity index (χ3v) is 13.0. The first-order chi connectivity index (χ1) is 34.0. The zero-order valence-electron chi connectivity index (χ0n) is 42.3. The van der Waals surface area contributed by atoms with Gasteiger partial charge in [-0.2, -0.15) is 4.58 Å². The second-order valence-electron chi connectivity index (χ2n) is 18.5. The average Bonchev–Trinajstić information content (AvgIpc) is 3.71. The van der Waals surface area contributed by atoms with Crippen molar-refractivity contribution in [3.05, 3.63) is 150 Å². The highest BCUT2D eigenvalue weighted by atomic mass is 79.9. The van der Waals surface area contributed by atoms with Crippen LogP contribution in [0.15, 0.2) is 133 Å². The molecule has 71 heavy (non-hydrogen) atoms. The maximum Gasteiger partial charge on any atom is 0.305 e. The Bertz CT molecular complexity index is 2840. The number of terminal acetylenes is 1.